The van der Waals surface area contributed by atoms with Crippen LogP contribution in [0.15, 0.2) is 0 Å². The lowest BCUT2D eigenvalue weighted by Gasteiger charge is -2.30. The van der Waals surface area contributed by atoms with Gasteiger partial charge in [0, 0.05) is 18.1 Å². The van der Waals surface area contributed by atoms with E-state index >= 15 is 0 Å². The van der Waals surface area contributed by atoms with Crippen molar-refractivity contribution in [3.05, 3.63) is 0 Å². The Morgan fingerprint density at radius 2 is 2.00 bits per heavy atom. The van der Waals surface area contributed by atoms with Crippen LogP contribution in [0.25, 0.3) is 0 Å². The standard InChI is InChI=1S/C11H25N3O2S/c1-9-6-5-7-12-10(9)8-13-17(15,16)14-11(2,3)4/h9-10,12-14H,5-8H2,1-4H3. The molecule has 1 rings (SSSR count). The van der Waals surface area contributed by atoms with Gasteiger partial charge in [-0.1, -0.05) is 6.92 Å². The average Bonchev–Trinajstić information content (AvgIpc) is 2.13. The minimum absolute atomic E-state index is 0.236. The molecule has 0 aromatic heterocycles. The molecule has 17 heavy (non-hydrogen) atoms. The van der Waals surface area contributed by atoms with E-state index in [2.05, 4.69) is 21.7 Å². The van der Waals surface area contributed by atoms with Gasteiger partial charge in [-0.2, -0.15) is 13.1 Å². The zero-order valence-electron chi connectivity index (χ0n) is 11.2. The maximum Gasteiger partial charge on any atom is 0.277 e. The highest BCUT2D eigenvalue weighted by atomic mass is 32.2. The molecular formula is C11H25N3O2S. The second kappa shape index (κ2) is 5.65. The third kappa shape index (κ3) is 5.81. The van der Waals surface area contributed by atoms with Gasteiger partial charge in [-0.05, 0) is 46.1 Å². The van der Waals surface area contributed by atoms with E-state index < -0.39 is 15.7 Å². The van der Waals surface area contributed by atoms with Crippen molar-refractivity contribution in [2.75, 3.05) is 13.1 Å². The van der Waals surface area contributed by atoms with Gasteiger partial charge in [0.2, 0.25) is 0 Å². The van der Waals surface area contributed by atoms with Crippen molar-refractivity contribution in [1.82, 2.24) is 14.8 Å². The zero-order chi connectivity index (χ0) is 13.1. The molecule has 1 fully saturated rings. The Balaban J connectivity index is 2.44. The number of nitrogens with one attached hydrogen (secondary N) is 3. The van der Waals surface area contributed by atoms with Crippen molar-refractivity contribution in [2.45, 2.75) is 52.1 Å². The van der Waals surface area contributed by atoms with Crippen molar-refractivity contribution in [1.29, 1.82) is 0 Å². The van der Waals surface area contributed by atoms with Crippen molar-refractivity contribution in [3.8, 4) is 0 Å². The van der Waals surface area contributed by atoms with Crippen LogP contribution in [-0.2, 0) is 10.2 Å². The smallest absolute Gasteiger partial charge is 0.277 e. The fraction of sp³-hybridized carbons (Fsp3) is 1.00. The lowest BCUT2D eigenvalue weighted by molar-refractivity contribution is 0.299. The molecule has 0 aromatic rings. The molecule has 0 aromatic carbocycles. The second-order valence-electron chi connectivity index (χ2n) is 5.88. The molecule has 0 spiro atoms. The van der Waals surface area contributed by atoms with E-state index in [0.29, 0.717) is 12.5 Å². The zero-order valence-corrected chi connectivity index (χ0v) is 12.0. The van der Waals surface area contributed by atoms with Crippen molar-refractivity contribution in [2.24, 2.45) is 5.92 Å². The summed E-state index contributed by atoms with van der Waals surface area (Å²) < 4.78 is 28.7. The maximum atomic E-state index is 11.7. The second-order valence-corrected chi connectivity index (χ2v) is 7.38. The molecule has 0 radical (unpaired) electrons. The average molecular weight is 263 g/mol. The molecule has 0 bridgehead atoms. The molecule has 1 aliphatic rings. The first kappa shape index (κ1) is 14.9. The Morgan fingerprint density at radius 3 is 2.53 bits per heavy atom. The Hall–Kier alpha value is -0.170. The van der Waals surface area contributed by atoms with E-state index in [0.717, 1.165) is 13.0 Å². The quantitative estimate of drug-likeness (QED) is 0.695. The summed E-state index contributed by atoms with van der Waals surface area (Å²) >= 11 is 0. The minimum atomic E-state index is -3.40. The highest BCUT2D eigenvalue weighted by molar-refractivity contribution is 7.87. The summed E-state index contributed by atoms with van der Waals surface area (Å²) in [6.07, 6.45) is 2.33. The van der Waals surface area contributed by atoms with Crippen LogP contribution in [0.2, 0.25) is 0 Å². The molecule has 0 amide bonds. The van der Waals surface area contributed by atoms with Crippen LogP contribution in [0.1, 0.15) is 40.5 Å². The monoisotopic (exact) mass is 263 g/mol. The molecule has 1 heterocycles. The van der Waals surface area contributed by atoms with Crippen molar-refractivity contribution in [3.63, 3.8) is 0 Å². The molecule has 6 heteroatoms. The van der Waals surface area contributed by atoms with Crippen LogP contribution < -0.4 is 14.8 Å². The van der Waals surface area contributed by atoms with Crippen LogP contribution in [0.3, 0.4) is 0 Å². The third-order valence-electron chi connectivity index (χ3n) is 2.86. The lowest BCUT2D eigenvalue weighted by Crippen LogP contribution is -2.52. The van der Waals surface area contributed by atoms with Gasteiger partial charge in [-0.15, -0.1) is 0 Å². The van der Waals surface area contributed by atoms with Crippen molar-refractivity contribution < 1.29 is 8.42 Å². The van der Waals surface area contributed by atoms with E-state index in [9.17, 15) is 8.42 Å². The van der Waals surface area contributed by atoms with Crippen LogP contribution in [-0.4, -0.2) is 33.1 Å². The van der Waals surface area contributed by atoms with Gasteiger partial charge in [0.05, 0.1) is 0 Å². The van der Waals surface area contributed by atoms with Gasteiger partial charge in [-0.25, -0.2) is 4.72 Å². The summed E-state index contributed by atoms with van der Waals surface area (Å²) in [7, 11) is -3.40. The number of hydrogen-bond donors (Lipinski definition) is 3. The van der Waals surface area contributed by atoms with Crippen LogP contribution in [0, 0.1) is 5.92 Å². The summed E-state index contributed by atoms with van der Waals surface area (Å²) in [4.78, 5) is 0. The SMILES string of the molecule is CC1CCCNC1CNS(=O)(=O)NC(C)(C)C. The first-order valence-electron chi connectivity index (χ1n) is 6.21. The Morgan fingerprint density at radius 1 is 1.35 bits per heavy atom. The minimum Gasteiger partial charge on any atom is -0.312 e. The predicted octanol–water partition coefficient (Wildman–Crippen LogP) is 0.597. The van der Waals surface area contributed by atoms with E-state index in [1.165, 1.54) is 6.42 Å². The lowest BCUT2D eigenvalue weighted by atomic mass is 9.93. The molecule has 0 saturated carbocycles. The van der Waals surface area contributed by atoms with Gasteiger partial charge in [0.1, 0.15) is 0 Å². The van der Waals surface area contributed by atoms with Crippen LogP contribution in [0.5, 0.6) is 0 Å². The molecule has 102 valence electrons. The fourth-order valence-corrected chi connectivity index (χ4v) is 3.30. The Labute approximate surface area is 105 Å². The van der Waals surface area contributed by atoms with Crippen molar-refractivity contribution >= 4 is 10.2 Å². The normalized spacial score (nSPS) is 27.1. The largest absolute Gasteiger partial charge is 0.312 e. The van der Waals surface area contributed by atoms with Gasteiger partial charge in [0.15, 0.2) is 0 Å². The van der Waals surface area contributed by atoms with E-state index in [-0.39, 0.29) is 6.04 Å². The maximum absolute atomic E-state index is 11.7. The topological polar surface area (TPSA) is 70.2 Å². The highest BCUT2D eigenvalue weighted by Crippen LogP contribution is 2.14. The van der Waals surface area contributed by atoms with Gasteiger partial charge < -0.3 is 5.32 Å². The summed E-state index contributed by atoms with van der Waals surface area (Å²) in [5.74, 6) is 0.515. The number of rotatable bonds is 4. The molecule has 3 N–H and O–H groups in total. The van der Waals surface area contributed by atoms with Gasteiger partial charge in [-0.3, -0.25) is 0 Å². The summed E-state index contributed by atoms with van der Waals surface area (Å²) in [6, 6.07) is 0.236. The molecule has 1 saturated heterocycles. The fourth-order valence-electron chi connectivity index (χ4n) is 2.03. The van der Waals surface area contributed by atoms with E-state index in [4.69, 9.17) is 0 Å². The summed E-state index contributed by atoms with van der Waals surface area (Å²) in [5, 5.41) is 3.35. The Bertz CT molecular complexity index is 335. The predicted molar refractivity (Wildman–Crippen MR) is 70.0 cm³/mol. The molecular weight excluding hydrogens is 238 g/mol. The molecule has 0 aliphatic carbocycles. The molecule has 1 aliphatic heterocycles. The number of hydrogen-bond acceptors (Lipinski definition) is 3. The third-order valence-corrected chi connectivity index (χ3v) is 4.29. The number of piperidine rings is 1. The van der Waals surface area contributed by atoms with Crippen LogP contribution >= 0.6 is 0 Å². The highest BCUT2D eigenvalue weighted by Gasteiger charge is 2.24. The first-order chi connectivity index (χ1) is 7.70. The van der Waals surface area contributed by atoms with E-state index in [1.54, 1.807) is 0 Å². The van der Waals surface area contributed by atoms with Gasteiger partial charge in [0.25, 0.3) is 10.2 Å². The molecule has 5 nitrogen and oxygen atoms in total. The van der Waals surface area contributed by atoms with Crippen LogP contribution in [0.4, 0.5) is 0 Å². The molecule has 2 atom stereocenters. The molecule has 2 unspecified atom stereocenters. The van der Waals surface area contributed by atoms with Gasteiger partial charge >= 0.3 is 0 Å². The summed E-state index contributed by atoms with van der Waals surface area (Å²) in [6.45, 7) is 9.06. The Kier molecular flexibility index (Phi) is 4.95. The first-order valence-corrected chi connectivity index (χ1v) is 7.70. The van der Waals surface area contributed by atoms with E-state index in [1.807, 2.05) is 20.8 Å². The summed E-state index contributed by atoms with van der Waals surface area (Å²) in [5.41, 5.74) is -0.447.